The fourth-order valence-electron chi connectivity index (χ4n) is 2.20. The highest BCUT2D eigenvalue weighted by atomic mass is 16.1. The van der Waals surface area contributed by atoms with E-state index >= 15 is 0 Å². The molecule has 0 spiro atoms. The molecule has 1 amide bonds. The minimum absolute atomic E-state index is 0.0118. The molecule has 2 N–H and O–H groups in total. The predicted molar refractivity (Wildman–Crippen MR) is 85.5 cm³/mol. The highest BCUT2D eigenvalue weighted by molar-refractivity contribution is 5.96. The van der Waals surface area contributed by atoms with Crippen LogP contribution in [0.4, 0.5) is 5.69 Å². The summed E-state index contributed by atoms with van der Waals surface area (Å²) >= 11 is 0. The van der Waals surface area contributed by atoms with Crippen LogP contribution in [-0.4, -0.2) is 43.5 Å². The molecule has 0 aromatic heterocycles. The Labute approximate surface area is 122 Å². The topological polar surface area (TPSA) is 44.4 Å². The fourth-order valence-corrected chi connectivity index (χ4v) is 2.20. The van der Waals surface area contributed by atoms with E-state index in [1.165, 1.54) is 0 Å². The van der Waals surface area contributed by atoms with Gasteiger partial charge in [0.1, 0.15) is 0 Å². The Hall–Kier alpha value is -1.55. The minimum Gasteiger partial charge on any atom is -0.385 e. The van der Waals surface area contributed by atoms with Crippen LogP contribution < -0.4 is 10.6 Å². The zero-order valence-corrected chi connectivity index (χ0v) is 13.1. The van der Waals surface area contributed by atoms with Gasteiger partial charge in [-0.05, 0) is 50.7 Å². The molecular weight excluding hydrogens is 250 g/mol. The number of nitrogens with zero attached hydrogens (tertiary/aromatic N) is 1. The Bertz CT molecular complexity index is 428. The normalized spacial score (nSPS) is 10.7. The van der Waals surface area contributed by atoms with E-state index in [1.54, 1.807) is 0 Å². The maximum Gasteiger partial charge on any atom is 0.251 e. The summed E-state index contributed by atoms with van der Waals surface area (Å²) < 4.78 is 0. The quantitative estimate of drug-likeness (QED) is 0.767. The highest BCUT2D eigenvalue weighted by Crippen LogP contribution is 2.14. The molecule has 0 saturated heterocycles. The van der Waals surface area contributed by atoms with E-state index in [1.807, 2.05) is 25.1 Å². The summed E-state index contributed by atoms with van der Waals surface area (Å²) in [6.07, 6.45) is 0. The van der Waals surface area contributed by atoms with Crippen LogP contribution in [0.5, 0.6) is 0 Å². The Morgan fingerprint density at radius 1 is 1.20 bits per heavy atom. The molecule has 4 nitrogen and oxygen atoms in total. The summed E-state index contributed by atoms with van der Waals surface area (Å²) in [5.74, 6) is 0.0118. The number of aryl methyl sites for hydroxylation is 1. The summed E-state index contributed by atoms with van der Waals surface area (Å²) in [6, 6.07) is 5.86. The monoisotopic (exact) mass is 277 g/mol. The van der Waals surface area contributed by atoms with Crippen molar-refractivity contribution in [2.75, 3.05) is 38.0 Å². The van der Waals surface area contributed by atoms with Crippen molar-refractivity contribution >= 4 is 11.6 Å². The zero-order valence-electron chi connectivity index (χ0n) is 13.1. The van der Waals surface area contributed by atoms with Crippen molar-refractivity contribution in [3.05, 3.63) is 29.3 Å². The number of likely N-dealkylation sites (N-methyl/N-ethyl adjacent to an activating group) is 1. The van der Waals surface area contributed by atoms with Crippen molar-refractivity contribution in [1.29, 1.82) is 0 Å². The molecule has 1 aromatic rings. The molecule has 112 valence electrons. The second kappa shape index (κ2) is 8.59. The van der Waals surface area contributed by atoms with Crippen LogP contribution >= 0.6 is 0 Å². The van der Waals surface area contributed by atoms with Crippen LogP contribution in [0.1, 0.15) is 36.7 Å². The third kappa shape index (κ3) is 4.85. The van der Waals surface area contributed by atoms with E-state index in [9.17, 15) is 4.79 Å². The van der Waals surface area contributed by atoms with Crippen LogP contribution in [0.3, 0.4) is 0 Å². The number of hydrogen-bond donors (Lipinski definition) is 2. The second-order valence-corrected chi connectivity index (χ2v) is 4.84. The van der Waals surface area contributed by atoms with Gasteiger partial charge in [-0.15, -0.1) is 0 Å². The predicted octanol–water partition coefficient (Wildman–Crippen LogP) is 2.50. The van der Waals surface area contributed by atoms with Gasteiger partial charge >= 0.3 is 0 Å². The lowest BCUT2D eigenvalue weighted by atomic mass is 10.1. The van der Waals surface area contributed by atoms with Gasteiger partial charge in [0, 0.05) is 30.9 Å². The van der Waals surface area contributed by atoms with Crippen LogP contribution in [0, 0.1) is 6.92 Å². The fraction of sp³-hybridized carbons (Fsp3) is 0.562. The average Bonchev–Trinajstić information content (AvgIpc) is 2.44. The first-order valence-corrected chi connectivity index (χ1v) is 7.47. The van der Waals surface area contributed by atoms with Gasteiger partial charge in [-0.2, -0.15) is 0 Å². The van der Waals surface area contributed by atoms with Crippen LogP contribution in [0.2, 0.25) is 0 Å². The molecule has 0 unspecified atom stereocenters. The second-order valence-electron chi connectivity index (χ2n) is 4.84. The zero-order chi connectivity index (χ0) is 15.0. The Morgan fingerprint density at radius 3 is 2.45 bits per heavy atom. The van der Waals surface area contributed by atoms with E-state index < -0.39 is 0 Å². The molecular formula is C16H27N3O. The van der Waals surface area contributed by atoms with Crippen molar-refractivity contribution < 1.29 is 4.79 Å². The molecule has 4 heteroatoms. The van der Waals surface area contributed by atoms with Gasteiger partial charge in [-0.1, -0.05) is 13.8 Å². The van der Waals surface area contributed by atoms with Gasteiger partial charge in [-0.25, -0.2) is 0 Å². The highest BCUT2D eigenvalue weighted by Gasteiger charge is 2.09. The maximum atomic E-state index is 12.1. The molecule has 0 atom stereocenters. The van der Waals surface area contributed by atoms with E-state index in [0.29, 0.717) is 6.54 Å². The Balaban J connectivity index is 2.55. The molecule has 0 aliphatic heterocycles. The van der Waals surface area contributed by atoms with E-state index in [-0.39, 0.29) is 5.91 Å². The summed E-state index contributed by atoms with van der Waals surface area (Å²) in [7, 11) is 0. The molecule has 0 heterocycles. The number of carbonyl (C=O) groups excluding carboxylic acids is 1. The lowest BCUT2D eigenvalue weighted by molar-refractivity contribution is 0.0948. The molecule has 0 aliphatic rings. The van der Waals surface area contributed by atoms with Gasteiger partial charge in [0.2, 0.25) is 0 Å². The third-order valence-electron chi connectivity index (χ3n) is 3.46. The van der Waals surface area contributed by atoms with Crippen LogP contribution in [-0.2, 0) is 0 Å². The molecule has 0 aliphatic carbocycles. The summed E-state index contributed by atoms with van der Waals surface area (Å²) in [6.45, 7) is 12.8. The van der Waals surface area contributed by atoms with Crippen LogP contribution in [0.25, 0.3) is 0 Å². The number of amides is 1. The summed E-state index contributed by atoms with van der Waals surface area (Å²) in [5.41, 5.74) is 2.82. The number of nitrogens with one attached hydrogen (secondary N) is 2. The molecule has 0 bridgehead atoms. The van der Waals surface area contributed by atoms with E-state index in [0.717, 1.165) is 43.0 Å². The Morgan fingerprint density at radius 2 is 1.90 bits per heavy atom. The van der Waals surface area contributed by atoms with Crippen molar-refractivity contribution in [1.82, 2.24) is 10.2 Å². The molecule has 1 rings (SSSR count). The number of rotatable bonds is 8. The number of carbonyl (C=O) groups is 1. The first-order valence-electron chi connectivity index (χ1n) is 7.47. The molecule has 0 saturated carbocycles. The van der Waals surface area contributed by atoms with Crippen molar-refractivity contribution in [2.24, 2.45) is 0 Å². The van der Waals surface area contributed by atoms with Gasteiger partial charge < -0.3 is 15.5 Å². The van der Waals surface area contributed by atoms with Gasteiger partial charge in [0.15, 0.2) is 0 Å². The number of hydrogen-bond acceptors (Lipinski definition) is 3. The average molecular weight is 277 g/mol. The van der Waals surface area contributed by atoms with Crippen LogP contribution in [0.15, 0.2) is 18.2 Å². The van der Waals surface area contributed by atoms with E-state index in [4.69, 9.17) is 0 Å². The van der Waals surface area contributed by atoms with Gasteiger partial charge in [0.05, 0.1) is 0 Å². The van der Waals surface area contributed by atoms with Gasteiger partial charge in [0.25, 0.3) is 5.91 Å². The SMILES string of the molecule is CCNc1ccc(C(=O)NCCN(CC)CC)c(C)c1. The molecule has 0 fully saturated rings. The number of benzene rings is 1. The molecule has 0 radical (unpaired) electrons. The lowest BCUT2D eigenvalue weighted by Crippen LogP contribution is -2.35. The van der Waals surface area contributed by atoms with Gasteiger partial charge in [-0.3, -0.25) is 4.79 Å². The minimum atomic E-state index is 0.0118. The standard InChI is InChI=1S/C16H27N3O/c1-5-17-14-8-9-15(13(4)12-14)16(20)18-10-11-19(6-2)7-3/h8-9,12,17H,5-7,10-11H2,1-4H3,(H,18,20). The first-order chi connectivity index (χ1) is 9.62. The third-order valence-corrected chi connectivity index (χ3v) is 3.46. The molecule has 20 heavy (non-hydrogen) atoms. The summed E-state index contributed by atoms with van der Waals surface area (Å²) in [5, 5.41) is 6.24. The largest absolute Gasteiger partial charge is 0.385 e. The van der Waals surface area contributed by atoms with E-state index in [2.05, 4.69) is 36.3 Å². The van der Waals surface area contributed by atoms with Crippen molar-refractivity contribution in [2.45, 2.75) is 27.7 Å². The smallest absolute Gasteiger partial charge is 0.251 e. The first kappa shape index (κ1) is 16.5. The Kier molecular flexibility index (Phi) is 7.09. The van der Waals surface area contributed by atoms with Crippen molar-refractivity contribution in [3.63, 3.8) is 0 Å². The summed E-state index contributed by atoms with van der Waals surface area (Å²) in [4.78, 5) is 14.4. The maximum absolute atomic E-state index is 12.1. The molecule has 1 aromatic carbocycles. The number of anilines is 1. The lowest BCUT2D eigenvalue weighted by Gasteiger charge is -2.18. The van der Waals surface area contributed by atoms with Crippen molar-refractivity contribution in [3.8, 4) is 0 Å².